The standard InChI is InChI=1S/C51H36N4/c1-35-45-19-9-8-17-40(45)18-12-21-46(47-20-10-11-22-48(47)52-35)41-27-33-44(34-28-41)51-54-49(42-29-23-38(24-30-42)36-13-4-2-5-14-36)53-50(55-51)43-31-25-39(26-32-43)37-15-6-3-7-16-37/h2-34H,1H3. The number of nitrogens with zero attached hydrogens (tertiary/aromatic N) is 4. The predicted molar refractivity (Wildman–Crippen MR) is 228 cm³/mol. The van der Waals surface area contributed by atoms with Crippen LogP contribution in [-0.2, 0) is 0 Å². The number of hydrogen-bond acceptors (Lipinski definition) is 4. The highest BCUT2D eigenvalue weighted by Gasteiger charge is 2.14. The molecule has 0 amide bonds. The van der Waals surface area contributed by atoms with E-state index in [1.165, 1.54) is 11.1 Å². The molecule has 0 spiro atoms. The molecule has 4 nitrogen and oxygen atoms in total. The summed E-state index contributed by atoms with van der Waals surface area (Å²) in [5.41, 5.74) is 11.4. The third-order valence-electron chi connectivity index (χ3n) is 9.96. The van der Waals surface area contributed by atoms with E-state index in [4.69, 9.17) is 19.9 Å². The van der Waals surface area contributed by atoms with E-state index in [-0.39, 0.29) is 0 Å². The Morgan fingerprint density at radius 1 is 0.273 bits per heavy atom. The molecule has 2 heterocycles. The Balaban J connectivity index is 1.14. The SMILES string of the molecule is Cc1nc2ccccc2c(-c2ccc(-c3nc(-c4ccc(-c5ccccc5)cc4)nc(-c4ccc(-c5ccccc5)cc4)n3)cc2)cccc2ccccc12. The van der Waals surface area contributed by atoms with E-state index < -0.39 is 0 Å². The molecule has 0 saturated heterocycles. The van der Waals surface area contributed by atoms with Gasteiger partial charge in [-0.05, 0) is 51.8 Å². The fraction of sp³-hybridized carbons (Fsp3) is 0.0196. The first kappa shape index (κ1) is 33.5. The maximum atomic E-state index is 5.12. The van der Waals surface area contributed by atoms with Gasteiger partial charge < -0.3 is 0 Å². The summed E-state index contributed by atoms with van der Waals surface area (Å²) in [6, 6.07) is 69.3. The summed E-state index contributed by atoms with van der Waals surface area (Å²) >= 11 is 0. The summed E-state index contributed by atoms with van der Waals surface area (Å²) in [6.45, 7) is 2.08. The van der Waals surface area contributed by atoms with Gasteiger partial charge in [0.1, 0.15) is 0 Å². The number of rotatable bonds is 6. The second-order valence-corrected chi connectivity index (χ2v) is 13.5. The molecule has 0 bridgehead atoms. The average molecular weight is 705 g/mol. The monoisotopic (exact) mass is 704 g/mol. The molecule has 0 aliphatic carbocycles. The Labute approximate surface area is 320 Å². The van der Waals surface area contributed by atoms with Crippen molar-refractivity contribution in [1.29, 1.82) is 0 Å². The van der Waals surface area contributed by atoms with Crippen molar-refractivity contribution in [1.82, 2.24) is 19.9 Å². The Morgan fingerprint density at radius 2 is 0.655 bits per heavy atom. The van der Waals surface area contributed by atoms with Crippen molar-refractivity contribution in [2.75, 3.05) is 0 Å². The van der Waals surface area contributed by atoms with Gasteiger partial charge in [-0.1, -0.05) is 194 Å². The van der Waals surface area contributed by atoms with Crippen LogP contribution in [0.5, 0.6) is 0 Å². The number of para-hydroxylation sites is 1. The largest absolute Gasteiger partial charge is 0.252 e. The highest BCUT2D eigenvalue weighted by Crippen LogP contribution is 2.32. The molecule has 0 radical (unpaired) electrons. The molecule has 9 aromatic rings. The summed E-state index contributed by atoms with van der Waals surface area (Å²) in [4.78, 5) is 20.3. The number of benzene rings is 7. The van der Waals surface area contributed by atoms with E-state index in [0.717, 1.165) is 66.3 Å². The van der Waals surface area contributed by atoms with Crippen molar-refractivity contribution in [3.63, 3.8) is 0 Å². The van der Waals surface area contributed by atoms with Gasteiger partial charge in [-0.25, -0.2) is 15.0 Å². The van der Waals surface area contributed by atoms with Gasteiger partial charge in [-0.3, -0.25) is 4.98 Å². The zero-order chi connectivity index (χ0) is 37.0. The van der Waals surface area contributed by atoms with Crippen molar-refractivity contribution < 1.29 is 0 Å². The summed E-state index contributed by atoms with van der Waals surface area (Å²) in [5.74, 6) is 1.86. The summed E-state index contributed by atoms with van der Waals surface area (Å²) in [7, 11) is 0. The molecule has 260 valence electrons. The first-order valence-electron chi connectivity index (χ1n) is 18.5. The fourth-order valence-electron chi connectivity index (χ4n) is 7.05. The van der Waals surface area contributed by atoms with Gasteiger partial charge in [-0.2, -0.15) is 0 Å². The molecule has 2 aromatic heterocycles. The number of aromatic nitrogens is 4. The topological polar surface area (TPSA) is 51.6 Å². The molecule has 0 aliphatic rings. The van der Waals surface area contributed by atoms with Crippen molar-refractivity contribution in [3.8, 4) is 67.5 Å². The second kappa shape index (κ2) is 15.0. The summed E-state index contributed by atoms with van der Waals surface area (Å²) < 4.78 is 0. The van der Waals surface area contributed by atoms with Gasteiger partial charge >= 0.3 is 0 Å². The van der Waals surface area contributed by atoms with Crippen LogP contribution in [0, 0.1) is 6.92 Å². The number of hydrogen-bond donors (Lipinski definition) is 0. The Morgan fingerprint density at radius 3 is 1.18 bits per heavy atom. The fourth-order valence-corrected chi connectivity index (χ4v) is 7.05. The van der Waals surface area contributed by atoms with Crippen molar-refractivity contribution in [3.05, 3.63) is 206 Å². The number of fused-ring (bicyclic) bond motifs is 2. The second-order valence-electron chi connectivity index (χ2n) is 13.5. The minimum atomic E-state index is 0.614. The van der Waals surface area contributed by atoms with Crippen molar-refractivity contribution in [2.45, 2.75) is 6.92 Å². The zero-order valence-corrected chi connectivity index (χ0v) is 30.3. The van der Waals surface area contributed by atoms with E-state index in [1.54, 1.807) is 0 Å². The lowest BCUT2D eigenvalue weighted by Crippen LogP contribution is -2.00. The molecule has 55 heavy (non-hydrogen) atoms. The van der Waals surface area contributed by atoms with Crippen LogP contribution in [0.15, 0.2) is 200 Å². The lowest BCUT2D eigenvalue weighted by Gasteiger charge is -2.11. The van der Waals surface area contributed by atoms with Crippen LogP contribution in [-0.4, -0.2) is 19.9 Å². The molecule has 0 saturated carbocycles. The Hall–Kier alpha value is -7.30. The lowest BCUT2D eigenvalue weighted by molar-refractivity contribution is 1.07. The highest BCUT2D eigenvalue weighted by atomic mass is 15.0. The molecule has 0 atom stereocenters. The van der Waals surface area contributed by atoms with E-state index in [9.17, 15) is 0 Å². The molecule has 4 heteroatoms. The van der Waals surface area contributed by atoms with Gasteiger partial charge in [-0.15, -0.1) is 0 Å². The van der Waals surface area contributed by atoms with E-state index in [1.807, 2.05) is 18.2 Å². The quantitative estimate of drug-likeness (QED) is 0.173. The van der Waals surface area contributed by atoms with Gasteiger partial charge in [0.05, 0.1) is 5.52 Å². The molecule has 0 N–H and O–H groups in total. The smallest absolute Gasteiger partial charge is 0.164 e. The van der Waals surface area contributed by atoms with Crippen LogP contribution in [0.25, 0.3) is 89.2 Å². The van der Waals surface area contributed by atoms with E-state index >= 15 is 0 Å². The van der Waals surface area contributed by atoms with E-state index in [0.29, 0.717) is 17.5 Å². The first-order valence-corrected chi connectivity index (χ1v) is 18.5. The zero-order valence-electron chi connectivity index (χ0n) is 30.3. The van der Waals surface area contributed by atoms with Gasteiger partial charge in [0.15, 0.2) is 17.5 Å². The number of aryl methyl sites for hydroxylation is 1. The molecule has 0 fully saturated rings. The lowest BCUT2D eigenvalue weighted by atomic mass is 10.00. The van der Waals surface area contributed by atoms with Gasteiger partial charge in [0, 0.05) is 33.2 Å². The van der Waals surface area contributed by atoms with Crippen LogP contribution in [0.2, 0.25) is 0 Å². The third-order valence-corrected chi connectivity index (χ3v) is 9.96. The van der Waals surface area contributed by atoms with Crippen LogP contribution < -0.4 is 0 Å². The molecule has 9 rings (SSSR count). The van der Waals surface area contributed by atoms with Crippen LogP contribution in [0.4, 0.5) is 0 Å². The van der Waals surface area contributed by atoms with Crippen LogP contribution >= 0.6 is 0 Å². The summed E-state index contributed by atoms with van der Waals surface area (Å²) in [6.07, 6.45) is 0. The maximum absolute atomic E-state index is 5.12. The van der Waals surface area contributed by atoms with Crippen LogP contribution in [0.1, 0.15) is 5.69 Å². The van der Waals surface area contributed by atoms with E-state index in [2.05, 4.69) is 189 Å². The third kappa shape index (κ3) is 7.09. The molecule has 7 aromatic carbocycles. The molecule has 0 unspecified atom stereocenters. The molecular weight excluding hydrogens is 669 g/mol. The Kier molecular flexibility index (Phi) is 9.13. The predicted octanol–water partition coefficient (Wildman–Crippen LogP) is 13.0. The highest BCUT2D eigenvalue weighted by molar-refractivity contribution is 5.94. The normalized spacial score (nSPS) is 11.0. The van der Waals surface area contributed by atoms with Crippen LogP contribution in [0.3, 0.4) is 0 Å². The average Bonchev–Trinajstić information content (AvgIpc) is 3.26. The van der Waals surface area contributed by atoms with Crippen molar-refractivity contribution >= 4 is 21.7 Å². The minimum absolute atomic E-state index is 0.614. The Bertz CT molecular complexity index is 2730. The molecule has 0 aliphatic heterocycles. The molecular formula is C51H36N4. The van der Waals surface area contributed by atoms with Gasteiger partial charge in [0.2, 0.25) is 0 Å². The minimum Gasteiger partial charge on any atom is -0.252 e. The summed E-state index contributed by atoms with van der Waals surface area (Å²) in [5, 5.41) is 3.34. The maximum Gasteiger partial charge on any atom is 0.164 e. The first-order chi connectivity index (χ1) is 27.2. The van der Waals surface area contributed by atoms with Gasteiger partial charge in [0.25, 0.3) is 0 Å². The van der Waals surface area contributed by atoms with Crippen molar-refractivity contribution in [2.24, 2.45) is 0 Å².